The molecule has 0 aliphatic carbocycles. The van der Waals surface area contributed by atoms with Crippen molar-refractivity contribution in [1.82, 2.24) is 0 Å². The van der Waals surface area contributed by atoms with Crippen LogP contribution in [0.2, 0.25) is 0 Å². The Morgan fingerprint density at radius 2 is 1.15 bits per heavy atom. The molecule has 2 radical (unpaired) electrons. The van der Waals surface area contributed by atoms with Crippen molar-refractivity contribution >= 4 is 15.0 Å². The summed E-state index contributed by atoms with van der Waals surface area (Å²) in [5, 5.41) is 0. The van der Waals surface area contributed by atoms with Crippen LogP contribution in [0.4, 0.5) is 0 Å². The van der Waals surface area contributed by atoms with E-state index in [4.69, 9.17) is 16.6 Å². The van der Waals surface area contributed by atoms with Crippen LogP contribution < -0.4 is 0 Å². The third-order valence-corrected chi connectivity index (χ3v) is 2.41. The SMILES string of the molecule is [B]P(=O)(OC(C)(C)C)OC(C)(C)C. The maximum absolute atomic E-state index is 11.6. The van der Waals surface area contributed by atoms with Gasteiger partial charge in [0.25, 0.3) is 7.47 Å². The van der Waals surface area contributed by atoms with Crippen molar-refractivity contribution in [3.05, 3.63) is 0 Å². The van der Waals surface area contributed by atoms with Crippen molar-refractivity contribution in [1.29, 1.82) is 0 Å². The molecule has 0 rings (SSSR count). The first-order chi connectivity index (χ1) is 5.41. The Kier molecular flexibility index (Phi) is 3.82. The molecular formula is C8H18BO3P. The standard InChI is InChI=1S/C8H18BO3P/c1-7(2,3)11-13(9,10)12-8(4,5)6/h1-6H3. The Morgan fingerprint density at radius 3 is 1.31 bits per heavy atom. The summed E-state index contributed by atoms with van der Waals surface area (Å²) in [5.74, 6) is 0. The van der Waals surface area contributed by atoms with Crippen LogP contribution in [0.5, 0.6) is 0 Å². The molecular weight excluding hydrogens is 186 g/mol. The fraction of sp³-hybridized carbons (Fsp3) is 1.00. The molecule has 0 amide bonds. The van der Waals surface area contributed by atoms with E-state index >= 15 is 0 Å². The molecule has 0 bridgehead atoms. The molecule has 0 fully saturated rings. The molecule has 0 N–H and O–H groups in total. The van der Waals surface area contributed by atoms with E-state index in [1.807, 2.05) is 0 Å². The van der Waals surface area contributed by atoms with Crippen molar-refractivity contribution in [3.63, 3.8) is 0 Å². The second-order valence-corrected chi connectivity index (χ2v) is 6.39. The van der Waals surface area contributed by atoms with Gasteiger partial charge in [0.05, 0.1) is 11.2 Å². The van der Waals surface area contributed by atoms with Gasteiger partial charge in [-0.2, -0.15) is 0 Å². The largest absolute Gasteiger partial charge is 0.311 e. The van der Waals surface area contributed by atoms with Crippen LogP contribution in [-0.2, 0) is 13.6 Å². The summed E-state index contributed by atoms with van der Waals surface area (Å²) in [6.07, 6.45) is 0. The van der Waals surface area contributed by atoms with E-state index in [0.29, 0.717) is 0 Å². The number of hydrogen-bond donors (Lipinski definition) is 0. The third-order valence-electron chi connectivity index (χ3n) is 0.802. The van der Waals surface area contributed by atoms with Gasteiger partial charge < -0.3 is 9.05 Å². The van der Waals surface area contributed by atoms with Crippen molar-refractivity contribution in [2.45, 2.75) is 52.7 Å². The van der Waals surface area contributed by atoms with Gasteiger partial charge in [-0.25, -0.2) is 0 Å². The van der Waals surface area contributed by atoms with E-state index in [9.17, 15) is 4.57 Å². The summed E-state index contributed by atoms with van der Waals surface area (Å²) in [5.41, 5.74) is -1.12. The molecule has 0 aromatic heterocycles. The minimum atomic E-state index is -3.44. The summed E-state index contributed by atoms with van der Waals surface area (Å²) in [6, 6.07) is 0. The minimum absolute atomic E-state index is 0.560. The molecule has 0 aromatic rings. The summed E-state index contributed by atoms with van der Waals surface area (Å²) in [6.45, 7) is 10.7. The maximum Gasteiger partial charge on any atom is 0.264 e. The normalized spacial score (nSPS) is 14.6. The van der Waals surface area contributed by atoms with E-state index < -0.39 is 18.7 Å². The Labute approximate surface area is 82.1 Å². The highest BCUT2D eigenvalue weighted by atomic mass is 31.2. The van der Waals surface area contributed by atoms with Crippen molar-refractivity contribution in [3.8, 4) is 0 Å². The molecule has 0 saturated heterocycles. The minimum Gasteiger partial charge on any atom is -0.311 e. The van der Waals surface area contributed by atoms with Gasteiger partial charge in [-0.1, -0.05) is 0 Å². The fourth-order valence-electron chi connectivity index (χ4n) is 0.782. The van der Waals surface area contributed by atoms with Crippen LogP contribution in [0.3, 0.4) is 0 Å². The molecule has 76 valence electrons. The molecule has 0 unspecified atom stereocenters. The van der Waals surface area contributed by atoms with Crippen molar-refractivity contribution in [2.75, 3.05) is 0 Å². The summed E-state index contributed by atoms with van der Waals surface area (Å²) in [4.78, 5) is 0. The topological polar surface area (TPSA) is 35.5 Å². The lowest BCUT2D eigenvalue weighted by Crippen LogP contribution is -2.23. The highest BCUT2D eigenvalue weighted by molar-refractivity contribution is 7.79. The van der Waals surface area contributed by atoms with E-state index in [-0.39, 0.29) is 0 Å². The molecule has 0 heterocycles. The van der Waals surface area contributed by atoms with Gasteiger partial charge >= 0.3 is 0 Å². The molecule has 0 aromatic carbocycles. The van der Waals surface area contributed by atoms with Gasteiger partial charge in [0.15, 0.2) is 0 Å². The molecule has 3 nitrogen and oxygen atoms in total. The lowest BCUT2D eigenvalue weighted by molar-refractivity contribution is 0.0582. The van der Waals surface area contributed by atoms with Gasteiger partial charge in [-0.3, -0.25) is 4.57 Å². The highest BCUT2D eigenvalue weighted by Crippen LogP contribution is 2.49. The Balaban J connectivity index is 4.35. The lowest BCUT2D eigenvalue weighted by Gasteiger charge is -2.30. The average Bonchev–Trinajstić information content (AvgIpc) is 1.43. The van der Waals surface area contributed by atoms with Gasteiger partial charge in [0, 0.05) is 0 Å². The first-order valence-corrected chi connectivity index (χ1v) is 5.83. The molecule has 5 heteroatoms. The quantitative estimate of drug-likeness (QED) is 0.512. The average molecular weight is 204 g/mol. The predicted molar refractivity (Wildman–Crippen MR) is 55.0 cm³/mol. The zero-order valence-corrected chi connectivity index (χ0v) is 10.1. The van der Waals surface area contributed by atoms with E-state index in [0.717, 1.165) is 0 Å². The highest BCUT2D eigenvalue weighted by Gasteiger charge is 2.29. The Hall–Kier alpha value is 0.215. The van der Waals surface area contributed by atoms with E-state index in [1.54, 1.807) is 41.5 Å². The van der Waals surface area contributed by atoms with Crippen LogP contribution in [0.15, 0.2) is 0 Å². The number of rotatable bonds is 2. The van der Waals surface area contributed by atoms with Gasteiger partial charge in [-0.15, -0.1) is 0 Å². The van der Waals surface area contributed by atoms with Crippen molar-refractivity contribution in [2.24, 2.45) is 0 Å². The van der Waals surface area contributed by atoms with Gasteiger partial charge in [-0.05, 0) is 41.5 Å². The molecule has 0 spiro atoms. The third kappa shape index (κ3) is 8.54. The second-order valence-electron chi connectivity index (χ2n) is 4.95. The van der Waals surface area contributed by atoms with Gasteiger partial charge in [0.1, 0.15) is 0 Å². The van der Waals surface area contributed by atoms with Crippen LogP contribution in [0.25, 0.3) is 0 Å². The summed E-state index contributed by atoms with van der Waals surface area (Å²) < 4.78 is 21.8. The molecule has 0 aliphatic heterocycles. The first-order valence-electron chi connectivity index (χ1n) is 4.21. The lowest BCUT2D eigenvalue weighted by atomic mass is 10.2. The van der Waals surface area contributed by atoms with Crippen LogP contribution in [0, 0.1) is 0 Å². The van der Waals surface area contributed by atoms with Crippen LogP contribution in [-0.4, -0.2) is 18.8 Å². The Morgan fingerprint density at radius 1 is 0.923 bits per heavy atom. The molecule has 0 saturated carbocycles. The van der Waals surface area contributed by atoms with Crippen LogP contribution >= 0.6 is 7.47 Å². The van der Waals surface area contributed by atoms with Crippen molar-refractivity contribution < 1.29 is 13.6 Å². The molecule has 0 atom stereocenters. The predicted octanol–water partition coefficient (Wildman–Crippen LogP) is 2.89. The fourth-order valence-corrected chi connectivity index (χ4v) is 2.35. The Bertz CT molecular complexity index is 194. The zero-order chi connectivity index (χ0) is 10.9. The molecule has 13 heavy (non-hydrogen) atoms. The van der Waals surface area contributed by atoms with Crippen LogP contribution in [0.1, 0.15) is 41.5 Å². The maximum atomic E-state index is 11.6. The molecule has 0 aliphatic rings. The monoisotopic (exact) mass is 204 g/mol. The summed E-state index contributed by atoms with van der Waals surface area (Å²) >= 11 is 0. The van der Waals surface area contributed by atoms with E-state index in [1.165, 1.54) is 0 Å². The zero-order valence-electron chi connectivity index (χ0n) is 9.25. The van der Waals surface area contributed by atoms with E-state index in [2.05, 4.69) is 0 Å². The summed E-state index contributed by atoms with van der Waals surface area (Å²) in [7, 11) is 1.96. The second kappa shape index (κ2) is 3.76. The smallest absolute Gasteiger partial charge is 0.264 e. The first kappa shape index (κ1) is 13.2. The van der Waals surface area contributed by atoms with Gasteiger partial charge in [0.2, 0.25) is 7.57 Å². The number of hydrogen-bond acceptors (Lipinski definition) is 3.